The fourth-order valence-electron chi connectivity index (χ4n) is 2.10. The van der Waals surface area contributed by atoms with Gasteiger partial charge in [0, 0.05) is 22.3 Å². The Labute approximate surface area is 127 Å². The lowest BCUT2D eigenvalue weighted by atomic mass is 9.95. The van der Waals surface area contributed by atoms with Crippen molar-refractivity contribution in [3.05, 3.63) is 57.3 Å². The quantitative estimate of drug-likeness (QED) is 0.814. The Balaban J connectivity index is 1.95. The first-order valence-corrected chi connectivity index (χ1v) is 8.07. The number of hydrogen-bond donors (Lipinski definition) is 1. The van der Waals surface area contributed by atoms with Crippen LogP contribution in [0.2, 0.25) is 0 Å². The Morgan fingerprint density at radius 1 is 1.05 bits per heavy atom. The topological polar surface area (TPSA) is 12.0 Å². The summed E-state index contributed by atoms with van der Waals surface area (Å²) in [5.41, 5.74) is 2.92. The predicted molar refractivity (Wildman–Crippen MR) is 89.5 cm³/mol. The lowest BCUT2D eigenvalue weighted by molar-refractivity contribution is 0.579. The summed E-state index contributed by atoms with van der Waals surface area (Å²) in [5.74, 6) is 0. The fraction of sp³-hybridized carbons (Fsp3) is 0.444. The van der Waals surface area contributed by atoms with Crippen LogP contribution in [-0.4, -0.2) is 0 Å². The number of hydrogen-bond acceptors (Lipinski definition) is 2. The highest BCUT2D eigenvalue weighted by Crippen LogP contribution is 2.29. The van der Waals surface area contributed by atoms with Crippen LogP contribution in [0.5, 0.6) is 0 Å². The fourth-order valence-corrected chi connectivity index (χ4v) is 3.12. The van der Waals surface area contributed by atoms with Gasteiger partial charge in [-0.05, 0) is 37.0 Å². The molecule has 2 rings (SSSR count). The zero-order chi connectivity index (χ0) is 14.8. The van der Waals surface area contributed by atoms with E-state index in [0.29, 0.717) is 6.04 Å². The lowest BCUT2D eigenvalue weighted by Gasteiger charge is -2.16. The van der Waals surface area contributed by atoms with Gasteiger partial charge in [-0.25, -0.2) is 0 Å². The molecule has 1 unspecified atom stereocenters. The summed E-state index contributed by atoms with van der Waals surface area (Å²) in [6.45, 7) is 12.1. The molecule has 2 aromatic rings. The molecular formula is C18H25NS. The van der Waals surface area contributed by atoms with E-state index in [1.54, 1.807) is 0 Å². The summed E-state index contributed by atoms with van der Waals surface area (Å²) in [6, 6.07) is 13.7. The third-order valence-electron chi connectivity index (χ3n) is 3.56. The van der Waals surface area contributed by atoms with Crippen molar-refractivity contribution in [2.75, 3.05) is 0 Å². The molecule has 0 aliphatic carbocycles. The number of thiophene rings is 1. The van der Waals surface area contributed by atoms with Crippen molar-refractivity contribution in [1.82, 2.24) is 5.32 Å². The zero-order valence-corrected chi connectivity index (χ0v) is 14.0. The van der Waals surface area contributed by atoms with Crippen LogP contribution in [0.25, 0.3) is 0 Å². The minimum Gasteiger partial charge on any atom is -0.305 e. The SMILES string of the molecule is Cc1ccc(C(C)NCc2ccc(C(C)(C)C)s2)cc1. The summed E-state index contributed by atoms with van der Waals surface area (Å²) in [5, 5.41) is 3.61. The van der Waals surface area contributed by atoms with Crippen LogP contribution in [0.3, 0.4) is 0 Å². The summed E-state index contributed by atoms with van der Waals surface area (Å²) in [6.07, 6.45) is 0. The number of nitrogens with one attached hydrogen (secondary N) is 1. The van der Waals surface area contributed by atoms with Gasteiger partial charge in [0.25, 0.3) is 0 Å². The smallest absolute Gasteiger partial charge is 0.0305 e. The first kappa shape index (κ1) is 15.3. The largest absolute Gasteiger partial charge is 0.305 e. The maximum Gasteiger partial charge on any atom is 0.0305 e. The number of benzene rings is 1. The second-order valence-corrected chi connectivity index (χ2v) is 7.70. The van der Waals surface area contributed by atoms with Crippen molar-refractivity contribution in [2.24, 2.45) is 0 Å². The van der Waals surface area contributed by atoms with Gasteiger partial charge < -0.3 is 5.32 Å². The van der Waals surface area contributed by atoms with Gasteiger partial charge in [0.05, 0.1) is 0 Å². The van der Waals surface area contributed by atoms with E-state index in [2.05, 4.69) is 76.3 Å². The van der Waals surface area contributed by atoms with Crippen molar-refractivity contribution >= 4 is 11.3 Å². The van der Waals surface area contributed by atoms with E-state index in [9.17, 15) is 0 Å². The second-order valence-electron chi connectivity index (χ2n) is 6.53. The monoisotopic (exact) mass is 287 g/mol. The summed E-state index contributed by atoms with van der Waals surface area (Å²) >= 11 is 1.92. The molecular weight excluding hydrogens is 262 g/mol. The molecule has 0 aliphatic heterocycles. The molecule has 0 saturated carbocycles. The van der Waals surface area contributed by atoms with Crippen molar-refractivity contribution in [2.45, 2.75) is 52.6 Å². The van der Waals surface area contributed by atoms with Gasteiger partial charge in [-0.2, -0.15) is 0 Å². The predicted octanol–water partition coefficient (Wildman–Crippen LogP) is 5.20. The highest BCUT2D eigenvalue weighted by molar-refractivity contribution is 7.12. The molecule has 1 heterocycles. The molecule has 2 heteroatoms. The standard InChI is InChI=1S/C18H25NS/c1-13-6-8-15(9-7-13)14(2)19-12-16-10-11-17(20-16)18(3,4)5/h6-11,14,19H,12H2,1-5H3. The first-order valence-electron chi connectivity index (χ1n) is 7.25. The van der Waals surface area contributed by atoms with Crippen molar-refractivity contribution in [3.8, 4) is 0 Å². The van der Waals surface area contributed by atoms with Gasteiger partial charge in [0.15, 0.2) is 0 Å². The van der Waals surface area contributed by atoms with Crippen molar-refractivity contribution in [3.63, 3.8) is 0 Å². The van der Waals surface area contributed by atoms with E-state index in [0.717, 1.165) is 6.54 Å². The molecule has 0 aliphatic rings. The molecule has 20 heavy (non-hydrogen) atoms. The van der Waals surface area contributed by atoms with E-state index >= 15 is 0 Å². The van der Waals surface area contributed by atoms with Gasteiger partial charge in [-0.3, -0.25) is 0 Å². The molecule has 1 aromatic carbocycles. The van der Waals surface area contributed by atoms with E-state index in [-0.39, 0.29) is 5.41 Å². The zero-order valence-electron chi connectivity index (χ0n) is 13.2. The van der Waals surface area contributed by atoms with Crippen LogP contribution in [0.4, 0.5) is 0 Å². The lowest BCUT2D eigenvalue weighted by Crippen LogP contribution is -2.17. The number of aryl methyl sites for hydroxylation is 1. The molecule has 0 spiro atoms. The molecule has 0 amide bonds. The molecule has 108 valence electrons. The van der Waals surface area contributed by atoms with E-state index < -0.39 is 0 Å². The highest BCUT2D eigenvalue weighted by Gasteiger charge is 2.16. The second kappa shape index (κ2) is 6.11. The van der Waals surface area contributed by atoms with Crippen LogP contribution < -0.4 is 5.32 Å². The molecule has 1 atom stereocenters. The summed E-state index contributed by atoms with van der Waals surface area (Å²) in [7, 11) is 0. The minimum atomic E-state index is 0.255. The normalized spacial score (nSPS) is 13.4. The first-order chi connectivity index (χ1) is 9.36. The molecule has 0 radical (unpaired) electrons. The number of rotatable bonds is 4. The Bertz CT molecular complexity index is 546. The van der Waals surface area contributed by atoms with Gasteiger partial charge >= 0.3 is 0 Å². The van der Waals surface area contributed by atoms with Gasteiger partial charge in [-0.15, -0.1) is 11.3 Å². The molecule has 1 aromatic heterocycles. The Morgan fingerprint density at radius 2 is 1.70 bits per heavy atom. The summed E-state index contributed by atoms with van der Waals surface area (Å²) in [4.78, 5) is 2.87. The molecule has 0 bridgehead atoms. The van der Waals surface area contributed by atoms with Crippen LogP contribution >= 0.6 is 11.3 Å². The maximum absolute atomic E-state index is 3.61. The van der Waals surface area contributed by atoms with E-state index in [1.807, 2.05) is 11.3 Å². The van der Waals surface area contributed by atoms with Crippen molar-refractivity contribution in [1.29, 1.82) is 0 Å². The van der Waals surface area contributed by atoms with Crippen LogP contribution in [0.1, 0.15) is 54.6 Å². The average molecular weight is 287 g/mol. The van der Waals surface area contributed by atoms with E-state index in [1.165, 1.54) is 20.9 Å². The Kier molecular flexibility index (Phi) is 4.66. The van der Waals surface area contributed by atoms with E-state index in [4.69, 9.17) is 0 Å². The van der Waals surface area contributed by atoms with Crippen molar-refractivity contribution < 1.29 is 0 Å². The van der Waals surface area contributed by atoms with Crippen LogP contribution in [0.15, 0.2) is 36.4 Å². The molecule has 0 saturated heterocycles. The van der Waals surface area contributed by atoms with Crippen LogP contribution in [-0.2, 0) is 12.0 Å². The highest BCUT2D eigenvalue weighted by atomic mass is 32.1. The average Bonchev–Trinajstić information content (AvgIpc) is 2.85. The van der Waals surface area contributed by atoms with Gasteiger partial charge in [-0.1, -0.05) is 50.6 Å². The summed E-state index contributed by atoms with van der Waals surface area (Å²) < 4.78 is 0. The molecule has 1 N–H and O–H groups in total. The third-order valence-corrected chi connectivity index (χ3v) is 5.07. The van der Waals surface area contributed by atoms with Crippen LogP contribution in [0, 0.1) is 6.92 Å². The Morgan fingerprint density at radius 3 is 2.25 bits per heavy atom. The third kappa shape index (κ3) is 3.94. The van der Waals surface area contributed by atoms with Gasteiger partial charge in [0.1, 0.15) is 0 Å². The van der Waals surface area contributed by atoms with Gasteiger partial charge in [0.2, 0.25) is 0 Å². The maximum atomic E-state index is 3.61. The molecule has 1 nitrogen and oxygen atoms in total. The minimum absolute atomic E-state index is 0.255. The molecule has 0 fully saturated rings. The Hall–Kier alpha value is -1.12.